The molecule has 1 N–H and O–H groups in total. The summed E-state index contributed by atoms with van der Waals surface area (Å²) in [6, 6.07) is 23.2. The van der Waals surface area contributed by atoms with Gasteiger partial charge in [0.25, 0.3) is 5.91 Å². The van der Waals surface area contributed by atoms with E-state index in [0.717, 1.165) is 34.3 Å². The number of para-hydroxylation sites is 2. The fourth-order valence-electron chi connectivity index (χ4n) is 4.12. The molecule has 1 aliphatic heterocycles. The van der Waals surface area contributed by atoms with Crippen molar-refractivity contribution in [1.82, 2.24) is 19.8 Å². The van der Waals surface area contributed by atoms with E-state index in [0.29, 0.717) is 12.1 Å². The molecule has 1 aliphatic rings. The summed E-state index contributed by atoms with van der Waals surface area (Å²) < 4.78 is 2.12. The number of nitrogens with zero attached hydrogens (tertiary/aromatic N) is 3. The molecule has 5 rings (SSSR count). The van der Waals surface area contributed by atoms with E-state index in [4.69, 9.17) is 0 Å². The van der Waals surface area contributed by atoms with Crippen LogP contribution in [0.1, 0.15) is 39.9 Å². The van der Waals surface area contributed by atoms with Crippen LogP contribution in [0.4, 0.5) is 0 Å². The number of carbonyl (C=O) groups is 3. The summed E-state index contributed by atoms with van der Waals surface area (Å²) in [5.41, 5.74) is 5.60. The Morgan fingerprint density at radius 3 is 2.15 bits per heavy atom. The number of likely N-dealkylation sites (tertiary alicyclic amines) is 1. The van der Waals surface area contributed by atoms with Crippen LogP contribution in [0.3, 0.4) is 0 Å². The standard InChI is InChI=1S/C27H24N4O3/c32-25-13-14-26(33)31(25)17-21-9-11-22(12-10-21)27(34)28-15-19-5-7-20(8-6-19)16-30-18-29-23-3-1-2-4-24(23)30/h1-12,18H,13-17H2,(H,28,34). The summed E-state index contributed by atoms with van der Waals surface area (Å²) in [5, 5.41) is 2.94. The molecule has 4 aromatic rings. The quantitative estimate of drug-likeness (QED) is 0.434. The van der Waals surface area contributed by atoms with Crippen molar-refractivity contribution in [2.24, 2.45) is 0 Å². The summed E-state index contributed by atoms with van der Waals surface area (Å²) in [6.07, 6.45) is 2.41. The number of imidazole rings is 1. The van der Waals surface area contributed by atoms with Crippen LogP contribution in [-0.4, -0.2) is 32.2 Å². The van der Waals surface area contributed by atoms with Crippen molar-refractivity contribution in [2.75, 3.05) is 0 Å². The summed E-state index contributed by atoms with van der Waals surface area (Å²) in [5.74, 6) is -0.457. The van der Waals surface area contributed by atoms with E-state index in [2.05, 4.69) is 33.1 Å². The lowest BCUT2D eigenvalue weighted by Crippen LogP contribution is -2.28. The van der Waals surface area contributed by atoms with E-state index >= 15 is 0 Å². The first-order chi connectivity index (χ1) is 16.6. The summed E-state index contributed by atoms with van der Waals surface area (Å²) in [6.45, 7) is 1.40. The van der Waals surface area contributed by atoms with Gasteiger partial charge in [0, 0.05) is 31.5 Å². The molecule has 0 unspecified atom stereocenters. The molecule has 2 heterocycles. The zero-order chi connectivity index (χ0) is 23.5. The van der Waals surface area contributed by atoms with Crippen molar-refractivity contribution in [3.63, 3.8) is 0 Å². The topological polar surface area (TPSA) is 84.3 Å². The number of nitrogens with one attached hydrogen (secondary N) is 1. The van der Waals surface area contributed by atoms with Crippen molar-refractivity contribution < 1.29 is 14.4 Å². The molecule has 0 radical (unpaired) electrons. The molecule has 3 aromatic carbocycles. The normalized spacial score (nSPS) is 13.6. The number of rotatable bonds is 7. The summed E-state index contributed by atoms with van der Waals surface area (Å²) >= 11 is 0. The molecule has 7 heteroatoms. The average Bonchev–Trinajstić information content (AvgIpc) is 3.42. The van der Waals surface area contributed by atoms with Crippen LogP contribution in [0.2, 0.25) is 0 Å². The highest BCUT2D eigenvalue weighted by atomic mass is 16.2. The minimum Gasteiger partial charge on any atom is -0.348 e. The van der Waals surface area contributed by atoms with Gasteiger partial charge in [0.05, 0.1) is 23.9 Å². The minimum absolute atomic E-state index is 0.142. The smallest absolute Gasteiger partial charge is 0.251 e. The van der Waals surface area contributed by atoms with E-state index in [1.165, 1.54) is 4.90 Å². The predicted octanol–water partition coefficient (Wildman–Crippen LogP) is 3.66. The highest BCUT2D eigenvalue weighted by Crippen LogP contribution is 2.17. The van der Waals surface area contributed by atoms with Crippen LogP contribution in [0.25, 0.3) is 11.0 Å². The summed E-state index contributed by atoms with van der Waals surface area (Å²) in [4.78, 5) is 41.8. The van der Waals surface area contributed by atoms with Gasteiger partial charge < -0.3 is 9.88 Å². The van der Waals surface area contributed by atoms with Gasteiger partial charge in [0.15, 0.2) is 0 Å². The third-order valence-electron chi connectivity index (χ3n) is 6.07. The first-order valence-electron chi connectivity index (χ1n) is 11.2. The molecule has 0 bridgehead atoms. The maximum atomic E-state index is 12.5. The molecular weight excluding hydrogens is 428 g/mol. The molecule has 170 valence electrons. The first kappa shape index (κ1) is 21.6. The number of hydrogen-bond donors (Lipinski definition) is 1. The van der Waals surface area contributed by atoms with E-state index < -0.39 is 0 Å². The minimum atomic E-state index is -0.172. The monoisotopic (exact) mass is 452 g/mol. The van der Waals surface area contributed by atoms with Gasteiger partial charge >= 0.3 is 0 Å². The zero-order valence-electron chi connectivity index (χ0n) is 18.6. The zero-order valence-corrected chi connectivity index (χ0v) is 18.6. The van der Waals surface area contributed by atoms with Crippen molar-refractivity contribution in [3.05, 3.63) is 101 Å². The molecule has 3 amide bonds. The Bertz CT molecular complexity index is 1340. The molecule has 0 atom stereocenters. The van der Waals surface area contributed by atoms with Gasteiger partial charge in [-0.05, 0) is 41.0 Å². The van der Waals surface area contributed by atoms with E-state index in [1.807, 2.05) is 36.7 Å². The van der Waals surface area contributed by atoms with Gasteiger partial charge in [-0.2, -0.15) is 0 Å². The third-order valence-corrected chi connectivity index (χ3v) is 6.07. The Labute approximate surface area is 197 Å². The third kappa shape index (κ3) is 4.59. The molecule has 1 fully saturated rings. The second kappa shape index (κ2) is 9.31. The molecule has 7 nitrogen and oxygen atoms in total. The average molecular weight is 453 g/mol. The lowest BCUT2D eigenvalue weighted by atomic mass is 10.1. The van der Waals surface area contributed by atoms with Crippen LogP contribution >= 0.6 is 0 Å². The molecular formula is C27H24N4O3. The van der Waals surface area contributed by atoms with Crippen LogP contribution < -0.4 is 5.32 Å². The van der Waals surface area contributed by atoms with Gasteiger partial charge in [0.1, 0.15) is 0 Å². The highest BCUT2D eigenvalue weighted by Gasteiger charge is 2.28. The van der Waals surface area contributed by atoms with Crippen molar-refractivity contribution in [2.45, 2.75) is 32.5 Å². The molecule has 0 spiro atoms. The number of amides is 3. The van der Waals surface area contributed by atoms with Crippen molar-refractivity contribution >= 4 is 28.8 Å². The second-order valence-corrected chi connectivity index (χ2v) is 8.43. The molecule has 1 saturated heterocycles. The Morgan fingerprint density at radius 1 is 0.794 bits per heavy atom. The lowest BCUT2D eigenvalue weighted by molar-refractivity contribution is -0.139. The predicted molar refractivity (Wildman–Crippen MR) is 128 cm³/mol. The highest BCUT2D eigenvalue weighted by molar-refractivity contribution is 6.01. The van der Waals surface area contributed by atoms with E-state index in [-0.39, 0.29) is 37.1 Å². The van der Waals surface area contributed by atoms with Gasteiger partial charge in [0.2, 0.25) is 11.8 Å². The van der Waals surface area contributed by atoms with Gasteiger partial charge in [-0.15, -0.1) is 0 Å². The van der Waals surface area contributed by atoms with Crippen LogP contribution in [0.5, 0.6) is 0 Å². The maximum absolute atomic E-state index is 12.5. The maximum Gasteiger partial charge on any atom is 0.251 e. The Morgan fingerprint density at radius 2 is 1.41 bits per heavy atom. The van der Waals surface area contributed by atoms with Gasteiger partial charge in [-0.25, -0.2) is 4.98 Å². The SMILES string of the molecule is O=C(NCc1ccc(Cn2cnc3ccccc32)cc1)c1ccc(CN2C(=O)CCC2=O)cc1. The Kier molecular flexibility index (Phi) is 5.91. The molecule has 0 saturated carbocycles. The first-order valence-corrected chi connectivity index (χ1v) is 11.2. The number of hydrogen-bond acceptors (Lipinski definition) is 4. The Balaban J connectivity index is 1.15. The van der Waals surface area contributed by atoms with Crippen LogP contribution in [0.15, 0.2) is 79.1 Å². The number of aromatic nitrogens is 2. The lowest BCUT2D eigenvalue weighted by Gasteiger charge is -2.14. The molecule has 1 aromatic heterocycles. The fourth-order valence-corrected chi connectivity index (χ4v) is 4.12. The van der Waals surface area contributed by atoms with Crippen molar-refractivity contribution in [1.29, 1.82) is 0 Å². The van der Waals surface area contributed by atoms with Gasteiger partial charge in [-0.3, -0.25) is 19.3 Å². The van der Waals surface area contributed by atoms with E-state index in [9.17, 15) is 14.4 Å². The number of fused-ring (bicyclic) bond motifs is 1. The number of benzene rings is 3. The van der Waals surface area contributed by atoms with E-state index in [1.54, 1.807) is 24.3 Å². The number of carbonyl (C=O) groups excluding carboxylic acids is 3. The van der Waals surface area contributed by atoms with Crippen molar-refractivity contribution in [3.8, 4) is 0 Å². The fraction of sp³-hybridized carbons (Fsp3) is 0.185. The van der Waals surface area contributed by atoms with Crippen LogP contribution in [-0.2, 0) is 29.2 Å². The largest absolute Gasteiger partial charge is 0.348 e. The summed E-state index contributed by atoms with van der Waals surface area (Å²) in [7, 11) is 0. The Hall–Kier alpha value is -4.26. The van der Waals surface area contributed by atoms with Crippen LogP contribution in [0, 0.1) is 0 Å². The molecule has 34 heavy (non-hydrogen) atoms. The number of imide groups is 1. The second-order valence-electron chi connectivity index (χ2n) is 8.43. The molecule has 0 aliphatic carbocycles. The van der Waals surface area contributed by atoms with Gasteiger partial charge in [-0.1, -0.05) is 48.5 Å².